The molecule has 0 unspecified atom stereocenters. The van der Waals surface area contributed by atoms with Crippen LogP contribution in [0.4, 0.5) is 19.7 Å². The number of nitrogens with zero attached hydrogens (tertiary/aromatic N) is 4. The van der Waals surface area contributed by atoms with Gasteiger partial charge in [-0.15, -0.1) is 0 Å². The van der Waals surface area contributed by atoms with Crippen LogP contribution in [0.3, 0.4) is 0 Å². The number of hydrogen-bond acceptors (Lipinski definition) is 4. The highest BCUT2D eigenvalue weighted by molar-refractivity contribution is 6.29. The third-order valence-electron chi connectivity index (χ3n) is 5.60. The average Bonchev–Trinajstić information content (AvgIpc) is 3.51. The van der Waals surface area contributed by atoms with Gasteiger partial charge < -0.3 is 20.9 Å². The Morgan fingerprint density at radius 2 is 2.03 bits per heavy atom. The minimum atomic E-state index is -1.20. The number of rotatable bonds is 3. The number of H-pyrrole nitrogens is 1. The number of likely N-dealkylation sites (tertiary alicyclic amines) is 1. The highest BCUT2D eigenvalue weighted by Gasteiger charge is 2.38. The summed E-state index contributed by atoms with van der Waals surface area (Å²) in [5, 5.41) is 3.77. The van der Waals surface area contributed by atoms with E-state index in [1.165, 1.54) is 15.7 Å². The van der Waals surface area contributed by atoms with Crippen LogP contribution in [0.5, 0.6) is 0 Å². The Morgan fingerprint density at radius 1 is 1.21 bits per heavy atom. The zero-order valence-electron chi connectivity index (χ0n) is 17.2. The molecule has 2 atom stereocenters. The number of imidazole rings is 1. The van der Waals surface area contributed by atoms with Gasteiger partial charge in [0.15, 0.2) is 0 Å². The van der Waals surface area contributed by atoms with E-state index in [1.807, 2.05) is 0 Å². The highest BCUT2D eigenvalue weighted by Crippen LogP contribution is 2.34. The van der Waals surface area contributed by atoms with E-state index in [0.29, 0.717) is 39.0 Å². The second-order valence-corrected chi connectivity index (χ2v) is 8.11. The predicted octanol–water partition coefficient (Wildman–Crippen LogP) is 4.32. The first kappa shape index (κ1) is 21.0. The second kappa shape index (κ2) is 8.21. The number of benzene rings is 1. The van der Waals surface area contributed by atoms with Crippen molar-refractivity contribution in [2.24, 2.45) is 5.73 Å². The van der Waals surface area contributed by atoms with E-state index in [-0.39, 0.29) is 13.0 Å². The van der Waals surface area contributed by atoms with E-state index in [9.17, 15) is 14.0 Å². The van der Waals surface area contributed by atoms with Gasteiger partial charge >= 0.3 is 12.1 Å². The Balaban J connectivity index is 1.42. The van der Waals surface area contributed by atoms with Crippen molar-refractivity contribution in [2.75, 3.05) is 11.9 Å². The predicted molar refractivity (Wildman–Crippen MR) is 122 cm³/mol. The molecule has 11 heteroatoms. The molecule has 4 aromatic rings. The number of carbonyl (C=O) groups excluding carboxylic acids is 2. The third-order valence-corrected chi connectivity index (χ3v) is 5.81. The first-order valence-corrected chi connectivity index (χ1v) is 10.6. The molecule has 3 aromatic heterocycles. The summed E-state index contributed by atoms with van der Waals surface area (Å²) in [7, 11) is 0. The molecule has 1 saturated heterocycles. The summed E-state index contributed by atoms with van der Waals surface area (Å²) in [6.07, 6.45) is 1.94. The molecule has 0 saturated carbocycles. The zero-order chi connectivity index (χ0) is 23.1. The molecular formula is C22H19ClFN7O2. The molecule has 9 nitrogen and oxygen atoms in total. The Kier molecular flexibility index (Phi) is 5.21. The molecule has 4 N–H and O–H groups in total. The van der Waals surface area contributed by atoms with Gasteiger partial charge in [0.25, 0.3) is 0 Å². The number of nitrogens with two attached hydrogens (primary N) is 1. The fourth-order valence-electron chi connectivity index (χ4n) is 4.11. The fraction of sp³-hybridized carbons (Fsp3) is 0.182. The van der Waals surface area contributed by atoms with Crippen molar-refractivity contribution in [3.05, 3.63) is 65.8 Å². The molecule has 33 heavy (non-hydrogen) atoms. The third kappa shape index (κ3) is 3.89. The van der Waals surface area contributed by atoms with Crippen molar-refractivity contribution in [3.8, 4) is 11.4 Å². The molecule has 1 aliphatic rings. The summed E-state index contributed by atoms with van der Waals surface area (Å²) in [4.78, 5) is 38.0. The number of pyridine rings is 1. The van der Waals surface area contributed by atoms with Crippen LogP contribution in [-0.4, -0.2) is 49.2 Å². The van der Waals surface area contributed by atoms with E-state index in [2.05, 4.69) is 20.3 Å². The lowest BCUT2D eigenvalue weighted by Crippen LogP contribution is -2.35. The van der Waals surface area contributed by atoms with Gasteiger partial charge in [0.1, 0.15) is 17.1 Å². The molecule has 3 amide bonds. The van der Waals surface area contributed by atoms with Crippen molar-refractivity contribution in [1.29, 1.82) is 0 Å². The second-order valence-electron chi connectivity index (χ2n) is 7.73. The number of alkyl halides is 1. The molecule has 168 valence electrons. The lowest BCUT2D eigenvalue weighted by atomic mass is 10.2. The number of urea groups is 1. The van der Waals surface area contributed by atoms with Gasteiger partial charge in [0, 0.05) is 18.0 Å². The molecule has 0 spiro atoms. The van der Waals surface area contributed by atoms with Gasteiger partial charge in [-0.1, -0.05) is 35.9 Å². The van der Waals surface area contributed by atoms with Crippen LogP contribution in [-0.2, 0) is 0 Å². The average molecular weight is 468 g/mol. The largest absolute Gasteiger partial charge is 0.351 e. The van der Waals surface area contributed by atoms with Crippen LogP contribution in [0.25, 0.3) is 22.3 Å². The van der Waals surface area contributed by atoms with Crippen LogP contribution in [0.1, 0.15) is 18.3 Å². The molecule has 1 aromatic carbocycles. The number of aromatic nitrogens is 4. The topological polar surface area (TPSA) is 122 Å². The number of nitrogens with one attached hydrogen (secondary N) is 2. The van der Waals surface area contributed by atoms with Gasteiger partial charge in [0.2, 0.25) is 0 Å². The van der Waals surface area contributed by atoms with Crippen molar-refractivity contribution < 1.29 is 14.0 Å². The van der Waals surface area contributed by atoms with Gasteiger partial charge in [-0.3, -0.25) is 4.57 Å². The Hall–Kier alpha value is -3.92. The summed E-state index contributed by atoms with van der Waals surface area (Å²) < 4.78 is 15.6. The number of hydrogen-bond donors (Lipinski definition) is 3. The number of amides is 3. The monoisotopic (exact) mass is 467 g/mol. The SMILES string of the molecule is NC(=O)n1cc(NC(=O)N2C[C@H](F)C[C@H]2c2ncc(-c3cccc(Cl)n3)[nH]2)c2ccccc21. The van der Waals surface area contributed by atoms with Crippen LogP contribution in [0.15, 0.2) is 54.9 Å². The molecule has 5 rings (SSSR count). The number of anilines is 1. The molecule has 0 aliphatic carbocycles. The summed E-state index contributed by atoms with van der Waals surface area (Å²) in [6.45, 7) is -0.0869. The highest BCUT2D eigenvalue weighted by atomic mass is 35.5. The number of primary amides is 1. The van der Waals surface area contributed by atoms with Crippen LogP contribution >= 0.6 is 11.6 Å². The Labute approximate surface area is 192 Å². The summed E-state index contributed by atoms with van der Waals surface area (Å²) in [6, 6.07) is 10.5. The maximum Gasteiger partial charge on any atom is 0.323 e. The molecule has 0 bridgehead atoms. The van der Waals surface area contributed by atoms with Crippen molar-refractivity contribution in [2.45, 2.75) is 18.6 Å². The zero-order valence-corrected chi connectivity index (χ0v) is 18.0. The Morgan fingerprint density at radius 3 is 2.82 bits per heavy atom. The van der Waals surface area contributed by atoms with Gasteiger partial charge in [-0.25, -0.2) is 23.9 Å². The summed E-state index contributed by atoms with van der Waals surface area (Å²) in [5.74, 6) is 0.446. The summed E-state index contributed by atoms with van der Waals surface area (Å²) >= 11 is 5.97. The number of halogens is 2. The quantitative estimate of drug-likeness (QED) is 0.388. The smallest absolute Gasteiger partial charge is 0.323 e. The normalized spacial score (nSPS) is 18.1. The lowest BCUT2D eigenvalue weighted by molar-refractivity contribution is 0.202. The maximum absolute atomic E-state index is 14.4. The fourth-order valence-corrected chi connectivity index (χ4v) is 4.28. The van der Waals surface area contributed by atoms with Crippen molar-refractivity contribution >= 4 is 40.3 Å². The Bertz CT molecular complexity index is 1370. The van der Waals surface area contributed by atoms with Gasteiger partial charge in [0.05, 0.1) is 41.4 Å². The van der Waals surface area contributed by atoms with E-state index < -0.39 is 24.3 Å². The number of aromatic amines is 1. The van der Waals surface area contributed by atoms with E-state index in [1.54, 1.807) is 48.7 Å². The first-order chi connectivity index (χ1) is 15.9. The number of para-hydroxylation sites is 1. The molecular weight excluding hydrogens is 449 g/mol. The van der Waals surface area contributed by atoms with E-state index >= 15 is 0 Å². The maximum atomic E-state index is 14.4. The minimum absolute atomic E-state index is 0.0869. The van der Waals surface area contributed by atoms with Crippen LogP contribution < -0.4 is 11.1 Å². The lowest BCUT2D eigenvalue weighted by Gasteiger charge is -2.23. The van der Waals surface area contributed by atoms with E-state index in [0.717, 1.165) is 0 Å². The van der Waals surface area contributed by atoms with Crippen molar-refractivity contribution in [1.82, 2.24) is 24.4 Å². The van der Waals surface area contributed by atoms with Crippen LogP contribution in [0, 0.1) is 0 Å². The molecule has 0 radical (unpaired) electrons. The summed E-state index contributed by atoms with van der Waals surface area (Å²) in [5.41, 5.74) is 7.61. The van der Waals surface area contributed by atoms with Crippen LogP contribution in [0.2, 0.25) is 5.15 Å². The van der Waals surface area contributed by atoms with Crippen molar-refractivity contribution in [3.63, 3.8) is 0 Å². The standard InChI is InChI=1S/C22H19ClFN7O2/c23-19-7-3-5-14(27-19)15-9-26-20(28-15)18-8-12(24)10-31(18)22(33)29-16-11-30(21(25)32)17-6-2-1-4-13(16)17/h1-7,9,11-12,18H,8,10H2,(H2,25,32)(H,26,28)(H,29,33)/t12-,18+/m1/s1. The number of carbonyl (C=O) groups is 2. The first-order valence-electron chi connectivity index (χ1n) is 10.2. The van der Waals surface area contributed by atoms with Gasteiger partial charge in [-0.05, 0) is 18.2 Å². The molecule has 4 heterocycles. The molecule has 1 aliphatic heterocycles. The molecule has 1 fully saturated rings. The van der Waals surface area contributed by atoms with Gasteiger partial charge in [-0.2, -0.15) is 0 Å². The minimum Gasteiger partial charge on any atom is -0.351 e. The number of fused-ring (bicyclic) bond motifs is 1. The van der Waals surface area contributed by atoms with E-state index in [4.69, 9.17) is 17.3 Å².